The van der Waals surface area contributed by atoms with Crippen molar-refractivity contribution in [2.75, 3.05) is 0 Å². The lowest BCUT2D eigenvalue weighted by molar-refractivity contribution is -0.465. The Hall–Kier alpha value is -1.91. The standard InChI is InChI=1S/C8H8N2O3/c1-9(11)6-7-2-4-8(5-3-7)10(12)13/h2-5H,1,6H2. The lowest BCUT2D eigenvalue weighted by Gasteiger charge is -2.00. The smallest absolute Gasteiger partial charge is 0.269 e. The van der Waals surface area contributed by atoms with Crippen LogP contribution in [0.25, 0.3) is 0 Å². The summed E-state index contributed by atoms with van der Waals surface area (Å²) in [5.41, 5.74) is 0.723. The summed E-state index contributed by atoms with van der Waals surface area (Å²) >= 11 is 0. The third-order valence-corrected chi connectivity index (χ3v) is 1.51. The summed E-state index contributed by atoms with van der Waals surface area (Å²) in [5, 5.41) is 20.8. The van der Waals surface area contributed by atoms with Gasteiger partial charge < -0.3 is 5.21 Å². The summed E-state index contributed by atoms with van der Waals surface area (Å²) in [6.07, 6.45) is 0. The van der Waals surface area contributed by atoms with Crippen molar-refractivity contribution in [1.82, 2.24) is 0 Å². The molecule has 0 saturated carbocycles. The highest BCUT2D eigenvalue weighted by atomic mass is 16.6. The van der Waals surface area contributed by atoms with Gasteiger partial charge >= 0.3 is 0 Å². The Morgan fingerprint density at radius 3 is 2.15 bits per heavy atom. The number of hydrogen-bond donors (Lipinski definition) is 0. The first-order valence-electron chi connectivity index (χ1n) is 3.58. The fraction of sp³-hybridized carbons (Fsp3) is 0.125. The van der Waals surface area contributed by atoms with Crippen LogP contribution in [-0.4, -0.2) is 16.4 Å². The Kier molecular flexibility index (Phi) is 2.59. The normalized spacial score (nSPS) is 9.54. The van der Waals surface area contributed by atoms with Gasteiger partial charge in [-0.3, -0.25) is 10.1 Å². The second-order valence-corrected chi connectivity index (χ2v) is 2.56. The zero-order valence-corrected chi connectivity index (χ0v) is 6.84. The first kappa shape index (κ1) is 9.18. The molecule has 0 aromatic heterocycles. The third-order valence-electron chi connectivity index (χ3n) is 1.51. The Bertz CT molecular complexity index is 332. The van der Waals surface area contributed by atoms with Gasteiger partial charge in [-0.1, -0.05) is 0 Å². The number of nitro benzene ring substituents is 1. The van der Waals surface area contributed by atoms with E-state index in [0.717, 1.165) is 0 Å². The van der Waals surface area contributed by atoms with E-state index in [0.29, 0.717) is 10.3 Å². The van der Waals surface area contributed by atoms with E-state index in [-0.39, 0.29) is 12.2 Å². The van der Waals surface area contributed by atoms with E-state index < -0.39 is 4.92 Å². The van der Waals surface area contributed by atoms with E-state index in [1.165, 1.54) is 24.3 Å². The second kappa shape index (κ2) is 3.66. The number of hydrogen-bond acceptors (Lipinski definition) is 3. The average molecular weight is 180 g/mol. The van der Waals surface area contributed by atoms with Crippen LogP contribution < -0.4 is 0 Å². The molecule has 0 unspecified atom stereocenters. The molecule has 5 heteroatoms. The zero-order valence-electron chi connectivity index (χ0n) is 6.84. The summed E-state index contributed by atoms with van der Waals surface area (Å²) in [6, 6.07) is 5.79. The molecule has 0 atom stereocenters. The molecule has 0 heterocycles. The molecule has 68 valence electrons. The predicted molar refractivity (Wildman–Crippen MR) is 47.5 cm³/mol. The zero-order chi connectivity index (χ0) is 9.84. The van der Waals surface area contributed by atoms with Crippen LogP contribution in [0.15, 0.2) is 24.3 Å². The maximum absolute atomic E-state index is 10.5. The molecule has 0 radical (unpaired) electrons. The fourth-order valence-corrected chi connectivity index (χ4v) is 0.927. The SMILES string of the molecule is C=[N+]([O-])Cc1ccc([N+](=O)[O-])cc1. The van der Waals surface area contributed by atoms with Gasteiger partial charge in [-0.2, -0.15) is 0 Å². The first-order chi connectivity index (χ1) is 6.09. The van der Waals surface area contributed by atoms with E-state index in [1.54, 1.807) is 0 Å². The van der Waals surface area contributed by atoms with Crippen LogP contribution in [0.5, 0.6) is 0 Å². The lowest BCUT2D eigenvalue weighted by Crippen LogP contribution is -1.99. The molecule has 0 spiro atoms. The van der Waals surface area contributed by atoms with Crippen molar-refractivity contribution in [2.24, 2.45) is 0 Å². The van der Waals surface area contributed by atoms with Crippen LogP contribution in [0.2, 0.25) is 0 Å². The number of nitro groups is 1. The van der Waals surface area contributed by atoms with Gasteiger partial charge in [-0.05, 0) is 12.1 Å². The quantitative estimate of drug-likeness (QED) is 0.231. The van der Waals surface area contributed by atoms with E-state index >= 15 is 0 Å². The van der Waals surface area contributed by atoms with Crippen molar-refractivity contribution in [3.63, 3.8) is 0 Å². The van der Waals surface area contributed by atoms with Gasteiger partial charge in [-0.25, -0.2) is 4.74 Å². The third kappa shape index (κ3) is 2.55. The molecule has 0 amide bonds. The molecule has 0 bridgehead atoms. The molecule has 0 aliphatic heterocycles. The van der Waals surface area contributed by atoms with Crippen LogP contribution in [0.3, 0.4) is 0 Å². The molecule has 1 aromatic rings. The largest absolute Gasteiger partial charge is 0.624 e. The van der Waals surface area contributed by atoms with E-state index in [9.17, 15) is 15.3 Å². The summed E-state index contributed by atoms with van der Waals surface area (Å²) in [7, 11) is 0. The van der Waals surface area contributed by atoms with Crippen LogP contribution in [0, 0.1) is 15.3 Å². The van der Waals surface area contributed by atoms with Gasteiger partial charge in [0.15, 0.2) is 6.54 Å². The minimum Gasteiger partial charge on any atom is -0.624 e. The highest BCUT2D eigenvalue weighted by Crippen LogP contribution is 2.11. The van der Waals surface area contributed by atoms with Crippen LogP contribution in [0.1, 0.15) is 5.56 Å². The molecule has 0 aliphatic carbocycles. The Morgan fingerprint density at radius 2 is 1.77 bits per heavy atom. The Morgan fingerprint density at radius 1 is 1.23 bits per heavy atom. The molecule has 0 fully saturated rings. The van der Waals surface area contributed by atoms with Gasteiger partial charge in [0.2, 0.25) is 0 Å². The summed E-state index contributed by atoms with van der Waals surface area (Å²) in [5.74, 6) is 0. The topological polar surface area (TPSA) is 69.2 Å². The van der Waals surface area contributed by atoms with Gasteiger partial charge in [-0.15, -0.1) is 0 Å². The molecule has 5 nitrogen and oxygen atoms in total. The van der Waals surface area contributed by atoms with E-state index in [1.807, 2.05) is 0 Å². The van der Waals surface area contributed by atoms with Gasteiger partial charge in [0.25, 0.3) is 5.69 Å². The second-order valence-electron chi connectivity index (χ2n) is 2.56. The fourth-order valence-electron chi connectivity index (χ4n) is 0.927. The lowest BCUT2D eigenvalue weighted by atomic mass is 10.2. The molecule has 13 heavy (non-hydrogen) atoms. The molecule has 0 aliphatic rings. The van der Waals surface area contributed by atoms with Gasteiger partial charge in [0, 0.05) is 17.7 Å². The summed E-state index contributed by atoms with van der Waals surface area (Å²) < 4.78 is 0.515. The van der Waals surface area contributed by atoms with E-state index in [4.69, 9.17) is 0 Å². The minimum atomic E-state index is -0.483. The first-order valence-corrected chi connectivity index (χ1v) is 3.58. The average Bonchev–Trinajstić information content (AvgIpc) is 2.04. The number of rotatable bonds is 3. The van der Waals surface area contributed by atoms with Crippen molar-refractivity contribution in [2.45, 2.75) is 6.54 Å². The van der Waals surface area contributed by atoms with Gasteiger partial charge in [0.05, 0.1) is 4.92 Å². The molecule has 1 rings (SSSR count). The molecule has 1 aromatic carbocycles. The molecule has 0 N–H and O–H groups in total. The summed E-state index contributed by atoms with van der Waals surface area (Å²) in [4.78, 5) is 9.77. The van der Waals surface area contributed by atoms with E-state index in [2.05, 4.69) is 6.72 Å². The van der Waals surface area contributed by atoms with Crippen LogP contribution in [-0.2, 0) is 6.54 Å². The Balaban J connectivity index is 2.81. The van der Waals surface area contributed by atoms with Crippen molar-refractivity contribution in [1.29, 1.82) is 0 Å². The maximum Gasteiger partial charge on any atom is 0.269 e. The maximum atomic E-state index is 10.5. The molecular weight excluding hydrogens is 172 g/mol. The highest BCUT2D eigenvalue weighted by molar-refractivity contribution is 5.32. The van der Waals surface area contributed by atoms with Crippen molar-refractivity contribution >= 4 is 12.4 Å². The van der Waals surface area contributed by atoms with Crippen molar-refractivity contribution < 1.29 is 9.66 Å². The summed E-state index contributed by atoms with van der Waals surface area (Å²) in [6.45, 7) is 3.27. The van der Waals surface area contributed by atoms with Crippen LogP contribution in [0.4, 0.5) is 5.69 Å². The van der Waals surface area contributed by atoms with Crippen molar-refractivity contribution in [3.8, 4) is 0 Å². The molecular formula is C8H8N2O3. The Labute approximate surface area is 74.7 Å². The number of benzene rings is 1. The highest BCUT2D eigenvalue weighted by Gasteiger charge is 2.04. The monoisotopic (exact) mass is 180 g/mol. The minimum absolute atomic E-state index is 0.0188. The molecule has 0 saturated heterocycles. The number of hydroxylamine groups is 1. The number of non-ortho nitro benzene ring substituents is 1. The van der Waals surface area contributed by atoms with Gasteiger partial charge in [0.1, 0.15) is 6.72 Å². The van der Waals surface area contributed by atoms with Crippen LogP contribution >= 0.6 is 0 Å². The van der Waals surface area contributed by atoms with Crippen molar-refractivity contribution in [3.05, 3.63) is 45.2 Å². The predicted octanol–water partition coefficient (Wildman–Crippen LogP) is 1.31. The number of nitrogens with zero attached hydrogens (tertiary/aromatic N) is 2.